The number of rotatable bonds is 3. The van der Waals surface area contributed by atoms with E-state index < -0.39 is 10.0 Å². The molecule has 0 saturated carbocycles. The number of hydrogen-bond donors (Lipinski definition) is 2. The standard InChI is InChI=1S/C18H14N4O2S/c19-25(23,24)17-8-4-3-7-14(17)12-5-1-2-6-13(12)16-11-21-18-15(22-16)9-10-20-18/h1-11H,(H,20,21)(H2,19,23,24). The Morgan fingerprint density at radius 3 is 2.32 bits per heavy atom. The number of aromatic nitrogens is 3. The minimum absolute atomic E-state index is 0.0816. The highest BCUT2D eigenvalue weighted by Crippen LogP contribution is 2.34. The third kappa shape index (κ3) is 2.79. The fourth-order valence-corrected chi connectivity index (χ4v) is 3.59. The maximum Gasteiger partial charge on any atom is 0.238 e. The minimum atomic E-state index is -3.85. The minimum Gasteiger partial charge on any atom is -0.345 e. The van der Waals surface area contributed by atoms with Gasteiger partial charge in [-0.3, -0.25) is 0 Å². The molecule has 0 aliphatic heterocycles. The zero-order valence-electron chi connectivity index (χ0n) is 13.0. The molecule has 2 heterocycles. The molecule has 0 aliphatic carbocycles. The fourth-order valence-electron chi connectivity index (χ4n) is 2.84. The summed E-state index contributed by atoms with van der Waals surface area (Å²) in [5.74, 6) is 0. The number of nitrogens with two attached hydrogens (primary N) is 1. The summed E-state index contributed by atoms with van der Waals surface area (Å²) in [5, 5.41) is 5.38. The molecule has 124 valence electrons. The smallest absolute Gasteiger partial charge is 0.238 e. The van der Waals surface area contributed by atoms with Crippen LogP contribution < -0.4 is 5.14 Å². The van der Waals surface area contributed by atoms with Gasteiger partial charge in [0.2, 0.25) is 10.0 Å². The van der Waals surface area contributed by atoms with Crippen LogP contribution in [0.25, 0.3) is 33.5 Å². The molecule has 0 bridgehead atoms. The highest BCUT2D eigenvalue weighted by atomic mass is 32.2. The summed E-state index contributed by atoms with van der Waals surface area (Å²) >= 11 is 0. The van der Waals surface area contributed by atoms with Crippen LogP contribution in [0.3, 0.4) is 0 Å². The lowest BCUT2D eigenvalue weighted by Crippen LogP contribution is -2.13. The Morgan fingerprint density at radius 2 is 1.56 bits per heavy atom. The molecule has 0 radical (unpaired) electrons. The molecular formula is C18H14N4O2S. The largest absolute Gasteiger partial charge is 0.345 e. The Bertz CT molecular complexity index is 1180. The van der Waals surface area contributed by atoms with Gasteiger partial charge in [-0.25, -0.2) is 23.5 Å². The third-order valence-corrected chi connectivity index (χ3v) is 4.92. The topological polar surface area (TPSA) is 102 Å². The Morgan fingerprint density at radius 1 is 0.880 bits per heavy atom. The quantitative estimate of drug-likeness (QED) is 0.593. The molecular weight excluding hydrogens is 336 g/mol. The molecule has 0 amide bonds. The van der Waals surface area contributed by atoms with Gasteiger partial charge in [-0.15, -0.1) is 0 Å². The van der Waals surface area contributed by atoms with E-state index in [2.05, 4.69) is 15.0 Å². The van der Waals surface area contributed by atoms with Crippen molar-refractivity contribution in [2.75, 3.05) is 0 Å². The van der Waals surface area contributed by atoms with Gasteiger partial charge in [0.1, 0.15) is 5.52 Å². The van der Waals surface area contributed by atoms with Crippen molar-refractivity contribution in [3.8, 4) is 22.4 Å². The van der Waals surface area contributed by atoms with Crippen molar-refractivity contribution < 1.29 is 8.42 Å². The lowest BCUT2D eigenvalue weighted by Gasteiger charge is -2.12. The first kappa shape index (κ1) is 15.5. The maximum atomic E-state index is 12.0. The molecule has 2 aromatic carbocycles. The van der Waals surface area contributed by atoms with E-state index in [1.54, 1.807) is 30.6 Å². The Labute approximate surface area is 144 Å². The molecule has 0 fully saturated rings. The molecule has 2 aromatic heterocycles. The predicted molar refractivity (Wildman–Crippen MR) is 96.1 cm³/mol. The summed E-state index contributed by atoms with van der Waals surface area (Å²) in [5.41, 5.74) is 4.16. The van der Waals surface area contributed by atoms with E-state index >= 15 is 0 Å². The molecule has 4 aromatic rings. The number of aromatic amines is 1. The molecule has 0 saturated heterocycles. The van der Waals surface area contributed by atoms with Crippen molar-refractivity contribution in [2.24, 2.45) is 5.14 Å². The molecule has 4 rings (SSSR count). The second kappa shape index (κ2) is 5.80. The normalized spacial score (nSPS) is 11.7. The van der Waals surface area contributed by atoms with Crippen LogP contribution in [0.1, 0.15) is 0 Å². The lowest BCUT2D eigenvalue weighted by atomic mass is 9.98. The van der Waals surface area contributed by atoms with Crippen molar-refractivity contribution in [1.82, 2.24) is 15.0 Å². The zero-order valence-corrected chi connectivity index (χ0v) is 13.9. The van der Waals surface area contributed by atoms with Gasteiger partial charge in [0.05, 0.1) is 16.8 Å². The highest BCUT2D eigenvalue weighted by Gasteiger charge is 2.18. The molecule has 0 aliphatic rings. The maximum absolute atomic E-state index is 12.0. The van der Waals surface area contributed by atoms with E-state index in [4.69, 9.17) is 5.14 Å². The molecule has 25 heavy (non-hydrogen) atoms. The van der Waals surface area contributed by atoms with Crippen LogP contribution >= 0.6 is 0 Å². The lowest BCUT2D eigenvalue weighted by molar-refractivity contribution is 0.598. The van der Waals surface area contributed by atoms with Crippen LogP contribution in [-0.4, -0.2) is 23.4 Å². The van der Waals surface area contributed by atoms with Crippen molar-refractivity contribution in [3.63, 3.8) is 0 Å². The number of nitrogens with zero attached hydrogens (tertiary/aromatic N) is 2. The molecule has 0 atom stereocenters. The Balaban J connectivity index is 1.97. The number of hydrogen-bond acceptors (Lipinski definition) is 4. The summed E-state index contributed by atoms with van der Waals surface area (Å²) in [6.45, 7) is 0. The monoisotopic (exact) mass is 350 g/mol. The third-order valence-electron chi connectivity index (χ3n) is 3.95. The van der Waals surface area contributed by atoms with Gasteiger partial charge >= 0.3 is 0 Å². The number of primary sulfonamides is 1. The van der Waals surface area contributed by atoms with Crippen LogP contribution in [-0.2, 0) is 10.0 Å². The van der Waals surface area contributed by atoms with E-state index in [1.165, 1.54) is 6.07 Å². The average molecular weight is 350 g/mol. The fraction of sp³-hybridized carbons (Fsp3) is 0. The van der Waals surface area contributed by atoms with Gasteiger partial charge in [-0.05, 0) is 17.7 Å². The van der Waals surface area contributed by atoms with E-state index in [9.17, 15) is 8.42 Å². The van der Waals surface area contributed by atoms with Crippen LogP contribution in [0.15, 0.2) is 71.9 Å². The van der Waals surface area contributed by atoms with E-state index in [1.807, 2.05) is 30.3 Å². The Hall–Kier alpha value is -3.03. The van der Waals surface area contributed by atoms with E-state index in [-0.39, 0.29) is 4.90 Å². The van der Waals surface area contributed by atoms with Gasteiger partial charge in [0.15, 0.2) is 5.65 Å². The van der Waals surface area contributed by atoms with Crippen LogP contribution in [0.2, 0.25) is 0 Å². The van der Waals surface area contributed by atoms with Gasteiger partial charge in [-0.2, -0.15) is 0 Å². The van der Waals surface area contributed by atoms with E-state index in [0.29, 0.717) is 16.9 Å². The summed E-state index contributed by atoms with van der Waals surface area (Å²) < 4.78 is 23.9. The molecule has 7 heteroatoms. The summed E-state index contributed by atoms with van der Waals surface area (Å²) in [6.07, 6.45) is 3.44. The number of H-pyrrole nitrogens is 1. The second-order valence-electron chi connectivity index (χ2n) is 5.55. The van der Waals surface area contributed by atoms with Gasteiger partial charge < -0.3 is 4.98 Å². The Kier molecular flexibility index (Phi) is 3.60. The van der Waals surface area contributed by atoms with Gasteiger partial charge in [0.25, 0.3) is 0 Å². The highest BCUT2D eigenvalue weighted by molar-refractivity contribution is 7.89. The summed E-state index contributed by atoms with van der Waals surface area (Å²) in [6, 6.07) is 16.0. The predicted octanol–water partition coefficient (Wildman–Crippen LogP) is 2.94. The first-order valence-corrected chi connectivity index (χ1v) is 9.10. The molecule has 6 nitrogen and oxygen atoms in total. The van der Waals surface area contributed by atoms with Crippen molar-refractivity contribution in [1.29, 1.82) is 0 Å². The first-order valence-electron chi connectivity index (χ1n) is 7.56. The van der Waals surface area contributed by atoms with E-state index in [0.717, 1.165) is 16.6 Å². The van der Waals surface area contributed by atoms with Crippen molar-refractivity contribution in [2.45, 2.75) is 4.90 Å². The van der Waals surface area contributed by atoms with Crippen LogP contribution in [0.5, 0.6) is 0 Å². The summed E-state index contributed by atoms with van der Waals surface area (Å²) in [4.78, 5) is 12.1. The van der Waals surface area contributed by atoms with Gasteiger partial charge in [0, 0.05) is 17.3 Å². The number of fused-ring (bicyclic) bond motifs is 1. The zero-order chi connectivity index (χ0) is 17.4. The SMILES string of the molecule is NS(=O)(=O)c1ccccc1-c1ccccc1-c1cnc2[nH]ccc2n1. The van der Waals surface area contributed by atoms with Crippen molar-refractivity contribution >= 4 is 21.2 Å². The molecule has 0 unspecified atom stereocenters. The second-order valence-corrected chi connectivity index (χ2v) is 7.08. The molecule has 3 N–H and O–H groups in total. The average Bonchev–Trinajstić information content (AvgIpc) is 3.09. The van der Waals surface area contributed by atoms with Gasteiger partial charge in [-0.1, -0.05) is 42.5 Å². The molecule has 0 spiro atoms. The summed E-state index contributed by atoms with van der Waals surface area (Å²) in [7, 11) is -3.85. The number of benzene rings is 2. The van der Waals surface area contributed by atoms with Crippen molar-refractivity contribution in [3.05, 3.63) is 67.0 Å². The first-order chi connectivity index (χ1) is 12.0. The number of sulfonamides is 1. The van der Waals surface area contributed by atoms with Crippen LogP contribution in [0, 0.1) is 0 Å². The van der Waals surface area contributed by atoms with Crippen LogP contribution in [0.4, 0.5) is 0 Å². The number of nitrogens with one attached hydrogen (secondary N) is 1.